The average molecular weight is 289 g/mol. The number of benzene rings is 1. The zero-order chi connectivity index (χ0) is 11.6. The number of halogens is 2. The molecule has 0 saturated heterocycles. The third kappa shape index (κ3) is 2.45. The van der Waals surface area contributed by atoms with Crippen molar-refractivity contribution < 1.29 is 4.74 Å². The van der Waals surface area contributed by atoms with Gasteiger partial charge in [0.2, 0.25) is 0 Å². The summed E-state index contributed by atoms with van der Waals surface area (Å²) < 4.78 is 5.95. The minimum Gasteiger partial charge on any atom is -0.496 e. The molecule has 0 atom stereocenters. The van der Waals surface area contributed by atoms with Gasteiger partial charge in [-0.2, -0.15) is 5.26 Å². The summed E-state index contributed by atoms with van der Waals surface area (Å²) in [7, 11) is 1.58. The van der Waals surface area contributed by atoms with Crippen molar-refractivity contribution in [2.45, 2.75) is 19.3 Å². The molecule has 0 aliphatic rings. The molecule has 0 bridgehead atoms. The minimum absolute atomic E-state index is 0.564. The second-order valence-electron chi connectivity index (χ2n) is 3.70. The van der Waals surface area contributed by atoms with E-state index in [0.717, 1.165) is 10.0 Å². The van der Waals surface area contributed by atoms with Crippen LogP contribution in [0.15, 0.2) is 16.6 Å². The lowest BCUT2D eigenvalue weighted by atomic mass is 9.86. The quantitative estimate of drug-likeness (QED) is 0.826. The molecule has 0 unspecified atom stereocenters. The predicted octanol–water partition coefficient (Wildman–Crippen LogP) is 3.91. The molecule has 0 aliphatic carbocycles. The van der Waals surface area contributed by atoms with Crippen LogP contribution >= 0.6 is 27.5 Å². The van der Waals surface area contributed by atoms with E-state index >= 15 is 0 Å². The first kappa shape index (κ1) is 12.4. The highest BCUT2D eigenvalue weighted by molar-refractivity contribution is 9.10. The number of hydrogen-bond acceptors (Lipinski definition) is 2. The van der Waals surface area contributed by atoms with E-state index in [1.54, 1.807) is 19.2 Å². The summed E-state index contributed by atoms with van der Waals surface area (Å²) >= 11 is 9.42. The van der Waals surface area contributed by atoms with E-state index in [-0.39, 0.29) is 0 Å². The fourth-order valence-corrected chi connectivity index (χ4v) is 2.26. The van der Waals surface area contributed by atoms with Gasteiger partial charge in [0.05, 0.1) is 23.1 Å². The molecule has 15 heavy (non-hydrogen) atoms. The fourth-order valence-electron chi connectivity index (χ4n) is 1.22. The number of ether oxygens (including phenoxy) is 1. The number of hydrogen-bond donors (Lipinski definition) is 0. The van der Waals surface area contributed by atoms with E-state index in [2.05, 4.69) is 22.0 Å². The van der Waals surface area contributed by atoms with Crippen LogP contribution in [0.5, 0.6) is 5.75 Å². The van der Waals surface area contributed by atoms with E-state index < -0.39 is 5.41 Å². The van der Waals surface area contributed by atoms with Crippen molar-refractivity contribution >= 4 is 27.5 Å². The predicted molar refractivity (Wildman–Crippen MR) is 64.3 cm³/mol. The summed E-state index contributed by atoms with van der Waals surface area (Å²) in [5.41, 5.74) is 0.150. The Morgan fingerprint density at radius 3 is 2.53 bits per heavy atom. The van der Waals surface area contributed by atoms with Crippen LogP contribution < -0.4 is 4.74 Å². The molecule has 1 aromatic rings. The Hall–Kier alpha value is -0.720. The smallest absolute Gasteiger partial charge is 0.133 e. The minimum atomic E-state index is -0.620. The van der Waals surface area contributed by atoms with Gasteiger partial charge in [0.15, 0.2) is 0 Å². The molecule has 0 aliphatic heterocycles. The van der Waals surface area contributed by atoms with Crippen molar-refractivity contribution in [2.24, 2.45) is 0 Å². The van der Waals surface area contributed by atoms with Crippen LogP contribution in [0.4, 0.5) is 0 Å². The normalized spacial score (nSPS) is 10.9. The van der Waals surface area contributed by atoms with Gasteiger partial charge in [0.25, 0.3) is 0 Å². The molecule has 0 heterocycles. The standard InChI is InChI=1S/C11H11BrClNO/c1-11(2,6-14)7-4-10(15-3)8(12)5-9(7)13/h4-5H,1-3H3. The van der Waals surface area contributed by atoms with Crippen molar-refractivity contribution in [1.29, 1.82) is 5.26 Å². The monoisotopic (exact) mass is 287 g/mol. The van der Waals surface area contributed by atoms with Gasteiger partial charge in [-0.3, -0.25) is 0 Å². The van der Waals surface area contributed by atoms with Crippen molar-refractivity contribution in [3.8, 4) is 11.8 Å². The molecule has 0 saturated carbocycles. The Kier molecular flexibility index (Phi) is 3.64. The second kappa shape index (κ2) is 4.42. The van der Waals surface area contributed by atoms with E-state index in [4.69, 9.17) is 21.6 Å². The maximum atomic E-state index is 9.04. The Morgan fingerprint density at radius 2 is 2.07 bits per heavy atom. The summed E-state index contributed by atoms with van der Waals surface area (Å²) in [6.45, 7) is 3.64. The maximum Gasteiger partial charge on any atom is 0.133 e. The third-order valence-electron chi connectivity index (χ3n) is 2.19. The van der Waals surface area contributed by atoms with Gasteiger partial charge >= 0.3 is 0 Å². The van der Waals surface area contributed by atoms with Crippen LogP contribution in [-0.4, -0.2) is 7.11 Å². The van der Waals surface area contributed by atoms with Crippen molar-refractivity contribution in [2.75, 3.05) is 7.11 Å². The van der Waals surface area contributed by atoms with Crippen LogP contribution in [0, 0.1) is 11.3 Å². The zero-order valence-corrected chi connectivity index (χ0v) is 11.1. The van der Waals surface area contributed by atoms with Gasteiger partial charge in [0, 0.05) is 5.02 Å². The Bertz CT molecular complexity index is 423. The van der Waals surface area contributed by atoms with Crippen molar-refractivity contribution in [3.05, 3.63) is 27.2 Å². The van der Waals surface area contributed by atoms with Crippen molar-refractivity contribution in [3.63, 3.8) is 0 Å². The van der Waals surface area contributed by atoms with Gasteiger partial charge in [-0.05, 0) is 47.5 Å². The Labute approximate surface area is 103 Å². The Balaban J connectivity index is 3.38. The van der Waals surface area contributed by atoms with Crippen molar-refractivity contribution in [1.82, 2.24) is 0 Å². The SMILES string of the molecule is COc1cc(C(C)(C)C#N)c(Cl)cc1Br. The topological polar surface area (TPSA) is 33.0 Å². The van der Waals surface area contributed by atoms with Crippen LogP contribution in [0.3, 0.4) is 0 Å². The molecule has 1 aromatic carbocycles. The van der Waals surface area contributed by atoms with Gasteiger partial charge in [-0.15, -0.1) is 0 Å². The number of methoxy groups -OCH3 is 1. The molecule has 0 aromatic heterocycles. The average Bonchev–Trinajstić information content (AvgIpc) is 2.17. The molecule has 80 valence electrons. The summed E-state index contributed by atoms with van der Waals surface area (Å²) in [6, 6.07) is 5.75. The number of rotatable bonds is 2. The molecular formula is C11H11BrClNO. The van der Waals surface area contributed by atoms with E-state index in [9.17, 15) is 0 Å². The molecule has 0 fully saturated rings. The summed E-state index contributed by atoms with van der Waals surface area (Å²) in [5, 5.41) is 9.61. The molecule has 2 nitrogen and oxygen atoms in total. The van der Waals surface area contributed by atoms with Gasteiger partial charge < -0.3 is 4.74 Å². The van der Waals surface area contributed by atoms with Gasteiger partial charge in [0.1, 0.15) is 5.75 Å². The van der Waals surface area contributed by atoms with Gasteiger partial charge in [-0.1, -0.05) is 11.6 Å². The number of nitrogens with zero attached hydrogens (tertiary/aromatic N) is 1. The molecule has 0 amide bonds. The first-order valence-electron chi connectivity index (χ1n) is 4.37. The molecule has 0 spiro atoms. The largest absolute Gasteiger partial charge is 0.496 e. The molecule has 1 rings (SSSR count). The Morgan fingerprint density at radius 1 is 1.47 bits per heavy atom. The van der Waals surface area contributed by atoms with Crippen LogP contribution in [0.1, 0.15) is 19.4 Å². The molecule has 0 N–H and O–H groups in total. The lowest BCUT2D eigenvalue weighted by Gasteiger charge is -2.19. The highest BCUT2D eigenvalue weighted by Gasteiger charge is 2.24. The van der Waals surface area contributed by atoms with E-state index in [0.29, 0.717) is 10.8 Å². The summed E-state index contributed by atoms with van der Waals surface area (Å²) in [4.78, 5) is 0. The third-order valence-corrected chi connectivity index (χ3v) is 3.13. The van der Waals surface area contributed by atoms with E-state index in [1.165, 1.54) is 0 Å². The molecule has 0 radical (unpaired) electrons. The summed E-state index contributed by atoms with van der Waals surface area (Å²) in [6.07, 6.45) is 0. The van der Waals surface area contributed by atoms with Crippen LogP contribution in [0.25, 0.3) is 0 Å². The number of nitriles is 1. The first-order valence-corrected chi connectivity index (χ1v) is 5.54. The zero-order valence-electron chi connectivity index (χ0n) is 8.77. The lowest BCUT2D eigenvalue weighted by molar-refractivity contribution is 0.411. The van der Waals surface area contributed by atoms with Crippen LogP contribution in [-0.2, 0) is 5.41 Å². The lowest BCUT2D eigenvalue weighted by Crippen LogP contribution is -2.14. The maximum absolute atomic E-state index is 9.04. The molecular weight excluding hydrogens is 277 g/mol. The first-order chi connectivity index (χ1) is 6.92. The summed E-state index contributed by atoms with van der Waals surface area (Å²) in [5.74, 6) is 0.678. The highest BCUT2D eigenvalue weighted by atomic mass is 79.9. The molecule has 4 heteroatoms. The van der Waals surface area contributed by atoms with E-state index in [1.807, 2.05) is 13.8 Å². The van der Waals surface area contributed by atoms with Crippen LogP contribution in [0.2, 0.25) is 5.02 Å². The second-order valence-corrected chi connectivity index (χ2v) is 4.96. The highest BCUT2D eigenvalue weighted by Crippen LogP contribution is 2.37. The fraction of sp³-hybridized carbons (Fsp3) is 0.364. The van der Waals surface area contributed by atoms with Gasteiger partial charge in [-0.25, -0.2) is 0 Å².